The highest BCUT2D eigenvalue weighted by atomic mass is 19.1. The minimum Gasteiger partial charge on any atom is -0.297 e. The van der Waals surface area contributed by atoms with Crippen LogP contribution >= 0.6 is 0 Å². The summed E-state index contributed by atoms with van der Waals surface area (Å²) in [5.41, 5.74) is 0.630. The molecule has 1 aromatic heterocycles. The first-order valence-electron chi connectivity index (χ1n) is 12.0. The number of halogens is 1. The number of nitrogens with zero attached hydrogens (tertiary/aromatic N) is 3. The Bertz CT molecular complexity index is 844. The van der Waals surface area contributed by atoms with Gasteiger partial charge in [0.2, 0.25) is 0 Å². The summed E-state index contributed by atoms with van der Waals surface area (Å²) in [5.74, 6) is 4.52. The number of aromatic nitrogens is 2. The highest BCUT2D eigenvalue weighted by Crippen LogP contribution is 2.64. The minimum absolute atomic E-state index is 0.117. The van der Waals surface area contributed by atoms with E-state index in [1.165, 1.54) is 38.3 Å². The van der Waals surface area contributed by atoms with E-state index < -0.39 is 0 Å². The van der Waals surface area contributed by atoms with E-state index in [1.807, 2.05) is 0 Å². The molecule has 0 N–H and O–H groups in total. The molecule has 30 heavy (non-hydrogen) atoms. The fourth-order valence-electron chi connectivity index (χ4n) is 8.40. The van der Waals surface area contributed by atoms with Gasteiger partial charge in [-0.15, -0.1) is 0 Å². The van der Waals surface area contributed by atoms with E-state index in [0.29, 0.717) is 23.2 Å². The fraction of sp³-hybridized carbons (Fsp3) is 0.800. The first kappa shape index (κ1) is 20.2. The van der Waals surface area contributed by atoms with E-state index in [1.54, 1.807) is 10.9 Å². The zero-order chi connectivity index (χ0) is 20.9. The van der Waals surface area contributed by atoms with E-state index in [-0.39, 0.29) is 24.6 Å². The van der Waals surface area contributed by atoms with E-state index >= 15 is 0 Å². The van der Waals surface area contributed by atoms with Gasteiger partial charge in [0.1, 0.15) is 6.07 Å². The summed E-state index contributed by atoms with van der Waals surface area (Å²) in [6, 6.07) is 2.09. The molecule has 0 spiro atoms. The third-order valence-electron chi connectivity index (χ3n) is 9.75. The predicted molar refractivity (Wildman–Crippen MR) is 112 cm³/mol. The highest BCUT2D eigenvalue weighted by Gasteiger charge is 2.58. The Labute approximate surface area is 179 Å². The number of rotatable bonds is 4. The molecular weight excluding hydrogens is 377 g/mol. The summed E-state index contributed by atoms with van der Waals surface area (Å²) in [7, 11) is 0. The normalized spacial score (nSPS) is 42.6. The van der Waals surface area contributed by atoms with Gasteiger partial charge in [-0.2, -0.15) is 10.4 Å². The van der Waals surface area contributed by atoms with Crippen molar-refractivity contribution in [3.8, 4) is 6.07 Å². The monoisotopic (exact) mass is 411 g/mol. The number of carbonyl (C=O) groups is 1. The van der Waals surface area contributed by atoms with Crippen molar-refractivity contribution in [2.75, 3.05) is 6.67 Å². The summed E-state index contributed by atoms with van der Waals surface area (Å²) in [6.45, 7) is 2.55. The average molecular weight is 412 g/mol. The van der Waals surface area contributed by atoms with Gasteiger partial charge in [0, 0.05) is 12.1 Å². The standard InChI is InChI=1S/C25H34FN3O/c1-25-9-8-20-19-4-2-16(11-26)10-18(19)3-5-21(20)22(25)6-7-23(25)24(30)15-29-14-17(12-27)13-28-29/h13-14,16,18-23H,2-11,15H2,1H3. The minimum atomic E-state index is -0.131. The van der Waals surface area contributed by atoms with Crippen LogP contribution in [-0.2, 0) is 11.3 Å². The summed E-state index contributed by atoms with van der Waals surface area (Å²) in [5, 5.41) is 13.2. The number of hydrogen-bond donors (Lipinski definition) is 0. The summed E-state index contributed by atoms with van der Waals surface area (Å²) in [4.78, 5) is 13.3. The first-order chi connectivity index (χ1) is 14.5. The molecule has 0 amide bonds. The molecule has 5 heteroatoms. The number of Topliss-reactive ketones (excluding diaryl/α,β-unsaturated/α-hetero) is 1. The molecule has 4 fully saturated rings. The Morgan fingerprint density at radius 2 is 2.03 bits per heavy atom. The van der Waals surface area contributed by atoms with E-state index in [0.717, 1.165) is 49.4 Å². The lowest BCUT2D eigenvalue weighted by Crippen LogP contribution is -2.49. The van der Waals surface area contributed by atoms with Gasteiger partial charge >= 0.3 is 0 Å². The molecule has 0 radical (unpaired) electrons. The van der Waals surface area contributed by atoms with Crippen LogP contribution in [0.4, 0.5) is 4.39 Å². The van der Waals surface area contributed by atoms with E-state index in [4.69, 9.17) is 5.26 Å². The molecule has 0 saturated heterocycles. The van der Waals surface area contributed by atoms with Crippen molar-refractivity contribution in [3.63, 3.8) is 0 Å². The largest absolute Gasteiger partial charge is 0.297 e. The number of hydrogen-bond acceptors (Lipinski definition) is 3. The van der Waals surface area contributed by atoms with Crippen molar-refractivity contribution in [1.82, 2.24) is 9.78 Å². The molecule has 1 heterocycles. The van der Waals surface area contributed by atoms with Gasteiger partial charge < -0.3 is 0 Å². The third kappa shape index (κ3) is 3.22. The maximum atomic E-state index is 13.3. The van der Waals surface area contributed by atoms with Crippen molar-refractivity contribution in [1.29, 1.82) is 5.26 Å². The van der Waals surface area contributed by atoms with Crippen molar-refractivity contribution < 1.29 is 9.18 Å². The van der Waals surface area contributed by atoms with Crippen molar-refractivity contribution in [2.45, 2.75) is 71.3 Å². The Morgan fingerprint density at radius 3 is 2.80 bits per heavy atom. The SMILES string of the molecule is CC12CCC3C4CCC(CF)CC4CCC3C1CCC2C(=O)Cn1cc(C#N)cn1. The molecule has 0 aromatic carbocycles. The lowest BCUT2D eigenvalue weighted by atomic mass is 9.49. The Morgan fingerprint density at radius 1 is 1.20 bits per heavy atom. The number of fused-ring (bicyclic) bond motifs is 5. The van der Waals surface area contributed by atoms with Crippen LogP contribution in [0.1, 0.15) is 70.3 Å². The Balaban J connectivity index is 1.29. The van der Waals surface area contributed by atoms with Gasteiger partial charge in [-0.3, -0.25) is 13.9 Å². The molecule has 8 unspecified atom stereocenters. The molecule has 162 valence electrons. The Hall–Kier alpha value is -1.70. The number of carbonyl (C=O) groups excluding carboxylic acids is 1. The second kappa shape index (κ2) is 7.77. The number of ketones is 1. The average Bonchev–Trinajstić information content (AvgIpc) is 3.36. The van der Waals surface area contributed by atoms with Crippen LogP contribution in [0.3, 0.4) is 0 Å². The van der Waals surface area contributed by atoms with Crippen molar-refractivity contribution in [3.05, 3.63) is 18.0 Å². The lowest BCUT2D eigenvalue weighted by molar-refractivity contribution is -0.131. The van der Waals surface area contributed by atoms with Crippen LogP contribution in [0.5, 0.6) is 0 Å². The molecule has 4 nitrogen and oxygen atoms in total. The molecule has 0 aliphatic heterocycles. The zero-order valence-corrected chi connectivity index (χ0v) is 18.1. The van der Waals surface area contributed by atoms with Crippen molar-refractivity contribution in [2.24, 2.45) is 46.8 Å². The quantitative estimate of drug-likeness (QED) is 0.686. The fourth-order valence-corrected chi connectivity index (χ4v) is 8.40. The van der Waals surface area contributed by atoms with Gasteiger partial charge in [-0.25, -0.2) is 0 Å². The lowest BCUT2D eigenvalue weighted by Gasteiger charge is -2.56. The van der Waals surface area contributed by atoms with Gasteiger partial charge in [-0.05, 0) is 98.7 Å². The van der Waals surface area contributed by atoms with Gasteiger partial charge in [0.15, 0.2) is 5.78 Å². The molecular formula is C25H34FN3O. The Kier molecular flexibility index (Phi) is 5.24. The van der Waals surface area contributed by atoms with E-state index in [9.17, 15) is 9.18 Å². The zero-order valence-electron chi connectivity index (χ0n) is 18.1. The topological polar surface area (TPSA) is 58.7 Å². The van der Waals surface area contributed by atoms with Gasteiger partial charge in [-0.1, -0.05) is 6.92 Å². The summed E-state index contributed by atoms with van der Waals surface area (Å²) in [6.07, 6.45) is 13.8. The maximum Gasteiger partial charge on any atom is 0.157 e. The number of nitriles is 1. The molecule has 1 aromatic rings. The number of alkyl halides is 1. The molecule has 5 rings (SSSR count). The van der Waals surface area contributed by atoms with Crippen LogP contribution < -0.4 is 0 Å². The molecule has 8 atom stereocenters. The second-order valence-corrected chi connectivity index (χ2v) is 10.9. The first-order valence-corrected chi connectivity index (χ1v) is 12.0. The second-order valence-electron chi connectivity index (χ2n) is 10.9. The predicted octanol–water partition coefficient (Wildman–Crippen LogP) is 5.18. The van der Waals surface area contributed by atoms with Gasteiger partial charge in [0.25, 0.3) is 0 Å². The van der Waals surface area contributed by atoms with Crippen LogP contribution in [0.2, 0.25) is 0 Å². The third-order valence-corrected chi connectivity index (χ3v) is 9.75. The maximum absolute atomic E-state index is 13.3. The van der Waals surface area contributed by atoms with Crippen LogP contribution in [0, 0.1) is 58.2 Å². The highest BCUT2D eigenvalue weighted by molar-refractivity contribution is 5.82. The molecule has 0 bridgehead atoms. The van der Waals surface area contributed by atoms with Crippen LogP contribution in [0.15, 0.2) is 12.4 Å². The smallest absolute Gasteiger partial charge is 0.157 e. The van der Waals surface area contributed by atoms with Crippen LogP contribution in [0.25, 0.3) is 0 Å². The van der Waals surface area contributed by atoms with E-state index in [2.05, 4.69) is 18.1 Å². The summed E-state index contributed by atoms with van der Waals surface area (Å²) >= 11 is 0. The summed E-state index contributed by atoms with van der Waals surface area (Å²) < 4.78 is 14.9. The van der Waals surface area contributed by atoms with Crippen molar-refractivity contribution >= 4 is 5.78 Å². The molecule has 4 saturated carbocycles. The van der Waals surface area contributed by atoms with Crippen LogP contribution in [-0.4, -0.2) is 22.2 Å². The van der Waals surface area contributed by atoms with Gasteiger partial charge in [0.05, 0.1) is 25.0 Å². The molecule has 4 aliphatic rings. The molecule has 4 aliphatic carbocycles.